The van der Waals surface area contributed by atoms with Gasteiger partial charge in [-0.3, -0.25) is 0 Å². The molecular formula is C23H26O5. The second kappa shape index (κ2) is 7.97. The fraction of sp³-hybridized carbons (Fsp3) is 0.348. The van der Waals surface area contributed by atoms with Crippen LogP contribution in [0.3, 0.4) is 0 Å². The molecule has 2 aromatic carbocycles. The summed E-state index contributed by atoms with van der Waals surface area (Å²) in [5, 5.41) is 10.5. The Balaban J connectivity index is 2.15. The van der Waals surface area contributed by atoms with Crippen LogP contribution in [0.5, 0.6) is 23.0 Å². The zero-order valence-corrected chi connectivity index (χ0v) is 16.8. The van der Waals surface area contributed by atoms with Gasteiger partial charge in [-0.05, 0) is 54.5 Å². The van der Waals surface area contributed by atoms with Gasteiger partial charge in [0.25, 0.3) is 0 Å². The highest BCUT2D eigenvalue weighted by Crippen LogP contribution is 2.44. The smallest absolute Gasteiger partial charge is 0.346 e. The van der Waals surface area contributed by atoms with E-state index in [2.05, 4.69) is 20.4 Å². The number of rotatable bonds is 5. The van der Waals surface area contributed by atoms with Crippen molar-refractivity contribution in [3.05, 3.63) is 52.6 Å². The van der Waals surface area contributed by atoms with Gasteiger partial charge < -0.3 is 19.3 Å². The molecule has 2 aromatic rings. The predicted molar refractivity (Wildman–Crippen MR) is 108 cm³/mol. The zero-order valence-electron chi connectivity index (χ0n) is 16.8. The lowest BCUT2D eigenvalue weighted by atomic mass is 9.98. The minimum Gasteiger partial charge on any atom is -0.504 e. The molecule has 1 aliphatic heterocycles. The number of fused-ring (bicyclic) bond motifs is 2. The van der Waals surface area contributed by atoms with Gasteiger partial charge in [-0.25, -0.2) is 4.79 Å². The van der Waals surface area contributed by atoms with Crippen molar-refractivity contribution in [1.29, 1.82) is 0 Å². The number of phenolic OH excluding ortho intramolecular Hbond substituents is 1. The maximum atomic E-state index is 12.8. The molecule has 0 aliphatic carbocycles. The van der Waals surface area contributed by atoms with Crippen molar-refractivity contribution in [2.24, 2.45) is 5.92 Å². The number of cyclic esters (lactones) is 1. The molecule has 28 heavy (non-hydrogen) atoms. The quantitative estimate of drug-likeness (QED) is 0.701. The molecule has 0 amide bonds. The molecule has 148 valence electrons. The van der Waals surface area contributed by atoms with Gasteiger partial charge in [-0.15, -0.1) is 0 Å². The van der Waals surface area contributed by atoms with Crippen molar-refractivity contribution in [3.63, 3.8) is 0 Å². The summed E-state index contributed by atoms with van der Waals surface area (Å²) >= 11 is 0. The van der Waals surface area contributed by atoms with E-state index in [4.69, 9.17) is 14.2 Å². The minimum absolute atomic E-state index is 0.00940. The van der Waals surface area contributed by atoms with Crippen molar-refractivity contribution in [2.75, 3.05) is 7.11 Å². The van der Waals surface area contributed by atoms with Crippen LogP contribution in [0, 0.1) is 12.8 Å². The molecule has 0 aromatic heterocycles. The third-order valence-electron chi connectivity index (χ3n) is 4.97. The number of hydrogen-bond donors (Lipinski definition) is 1. The fourth-order valence-electron chi connectivity index (χ4n) is 3.48. The van der Waals surface area contributed by atoms with Gasteiger partial charge in [-0.2, -0.15) is 0 Å². The number of carbonyl (C=O) groups is 1. The lowest BCUT2D eigenvalue weighted by Crippen LogP contribution is -2.14. The van der Waals surface area contributed by atoms with Crippen LogP contribution in [-0.4, -0.2) is 18.2 Å². The summed E-state index contributed by atoms with van der Waals surface area (Å²) in [6.45, 7) is 9.95. The van der Waals surface area contributed by atoms with Crippen molar-refractivity contribution in [1.82, 2.24) is 0 Å². The van der Waals surface area contributed by atoms with E-state index >= 15 is 0 Å². The number of methoxy groups -OCH3 is 1. The molecule has 0 saturated heterocycles. The van der Waals surface area contributed by atoms with Crippen LogP contribution in [0.2, 0.25) is 0 Å². The Morgan fingerprint density at radius 1 is 1.36 bits per heavy atom. The second-order valence-corrected chi connectivity index (χ2v) is 7.38. The number of aromatic hydroxyl groups is 1. The first-order valence-corrected chi connectivity index (χ1v) is 9.40. The van der Waals surface area contributed by atoms with E-state index in [1.807, 2.05) is 13.0 Å². The first-order chi connectivity index (χ1) is 13.4. The van der Waals surface area contributed by atoms with Crippen LogP contribution in [0.25, 0.3) is 6.08 Å². The summed E-state index contributed by atoms with van der Waals surface area (Å²) in [5.74, 6) is 1.03. The average molecular weight is 382 g/mol. The molecule has 5 heteroatoms. The number of hydrogen-bond acceptors (Lipinski definition) is 5. The number of carbonyl (C=O) groups excluding carboxylic acids is 1. The van der Waals surface area contributed by atoms with Gasteiger partial charge in [0.1, 0.15) is 23.7 Å². The Morgan fingerprint density at radius 3 is 2.75 bits per heavy atom. The molecule has 5 nitrogen and oxygen atoms in total. The number of aryl methyl sites for hydroxylation is 2. The van der Waals surface area contributed by atoms with Gasteiger partial charge in [0, 0.05) is 5.56 Å². The van der Waals surface area contributed by atoms with Crippen LogP contribution in [-0.2, 0) is 17.8 Å². The molecule has 1 heterocycles. The Labute approximate surface area is 165 Å². The maximum absolute atomic E-state index is 12.8. The minimum atomic E-state index is -0.514. The highest BCUT2D eigenvalue weighted by molar-refractivity contribution is 5.96. The summed E-state index contributed by atoms with van der Waals surface area (Å²) in [7, 11) is 1.53. The van der Waals surface area contributed by atoms with Gasteiger partial charge in [0.2, 0.25) is 0 Å². The first-order valence-electron chi connectivity index (χ1n) is 9.40. The summed E-state index contributed by atoms with van der Waals surface area (Å²) in [6, 6.07) is 5.25. The SMILES string of the molecule is C=Cc1c(C)cc(O)c2c1COC(=O)c1c(ccc(CCC(C)C)c1OC)O2. The summed E-state index contributed by atoms with van der Waals surface area (Å²) in [5.41, 5.74) is 3.37. The molecule has 0 radical (unpaired) electrons. The second-order valence-electron chi connectivity index (χ2n) is 7.38. The molecule has 0 spiro atoms. The summed E-state index contributed by atoms with van der Waals surface area (Å²) in [6.07, 6.45) is 3.42. The Kier molecular flexibility index (Phi) is 5.63. The van der Waals surface area contributed by atoms with Crippen LogP contribution in [0.4, 0.5) is 0 Å². The van der Waals surface area contributed by atoms with Crippen LogP contribution < -0.4 is 9.47 Å². The molecular weight excluding hydrogens is 356 g/mol. The van der Waals surface area contributed by atoms with Crippen molar-refractivity contribution < 1.29 is 24.1 Å². The average Bonchev–Trinajstić information content (AvgIpc) is 2.65. The van der Waals surface area contributed by atoms with Gasteiger partial charge in [-0.1, -0.05) is 32.6 Å². The lowest BCUT2D eigenvalue weighted by molar-refractivity contribution is 0.0454. The standard InChI is InChI=1S/C23H26O5/c1-6-16-14(4)11-18(24)22-17(16)12-27-23(25)20-19(28-22)10-9-15(21(20)26-5)8-7-13(2)3/h6,9-11,13,24H,1,7-8,12H2,2-5H3. The number of esters is 1. The third-order valence-corrected chi connectivity index (χ3v) is 4.97. The Bertz CT molecular complexity index is 927. The van der Waals surface area contributed by atoms with Crippen LogP contribution in [0.15, 0.2) is 24.8 Å². The van der Waals surface area contributed by atoms with E-state index in [0.29, 0.717) is 23.0 Å². The number of phenols is 1. The van der Waals surface area contributed by atoms with Gasteiger partial charge in [0.15, 0.2) is 11.5 Å². The topological polar surface area (TPSA) is 65.0 Å². The molecule has 3 rings (SSSR count). The van der Waals surface area contributed by atoms with E-state index in [-0.39, 0.29) is 23.7 Å². The summed E-state index contributed by atoms with van der Waals surface area (Å²) in [4.78, 5) is 12.8. The van der Waals surface area contributed by atoms with E-state index in [0.717, 1.165) is 29.5 Å². The van der Waals surface area contributed by atoms with Gasteiger partial charge in [0.05, 0.1) is 7.11 Å². The Morgan fingerprint density at radius 2 is 2.11 bits per heavy atom. The van der Waals surface area contributed by atoms with Crippen molar-refractivity contribution in [3.8, 4) is 23.0 Å². The molecule has 1 N–H and O–H groups in total. The lowest BCUT2D eigenvalue weighted by Gasteiger charge is -2.23. The predicted octanol–water partition coefficient (Wildman–Crippen LogP) is 5.40. The van der Waals surface area contributed by atoms with E-state index < -0.39 is 5.97 Å². The highest BCUT2D eigenvalue weighted by atomic mass is 16.5. The molecule has 0 atom stereocenters. The molecule has 0 unspecified atom stereocenters. The molecule has 0 saturated carbocycles. The molecule has 0 bridgehead atoms. The first kappa shape index (κ1) is 19.8. The number of ether oxygens (including phenoxy) is 3. The van der Waals surface area contributed by atoms with Crippen molar-refractivity contribution in [2.45, 2.75) is 40.2 Å². The highest BCUT2D eigenvalue weighted by Gasteiger charge is 2.29. The van der Waals surface area contributed by atoms with E-state index in [1.54, 1.807) is 18.2 Å². The number of benzene rings is 2. The monoisotopic (exact) mass is 382 g/mol. The van der Waals surface area contributed by atoms with E-state index in [1.165, 1.54) is 7.11 Å². The summed E-state index contributed by atoms with van der Waals surface area (Å²) < 4.78 is 17.1. The van der Waals surface area contributed by atoms with Gasteiger partial charge >= 0.3 is 5.97 Å². The molecule has 0 fully saturated rings. The maximum Gasteiger partial charge on any atom is 0.346 e. The van der Waals surface area contributed by atoms with E-state index in [9.17, 15) is 9.90 Å². The third kappa shape index (κ3) is 3.57. The largest absolute Gasteiger partial charge is 0.504 e. The van der Waals surface area contributed by atoms with Crippen molar-refractivity contribution >= 4 is 12.0 Å². The zero-order chi connectivity index (χ0) is 20.4. The van der Waals surface area contributed by atoms with Crippen LogP contribution >= 0.6 is 0 Å². The molecule has 1 aliphatic rings. The van der Waals surface area contributed by atoms with Crippen LogP contribution in [0.1, 0.15) is 52.9 Å². The Hall–Kier alpha value is -2.95. The normalized spacial score (nSPS) is 13.0. The fourth-order valence-corrected chi connectivity index (χ4v) is 3.48.